The second kappa shape index (κ2) is 5.93. The lowest BCUT2D eigenvalue weighted by molar-refractivity contribution is 0.0784. The molecule has 100 valence electrons. The van der Waals surface area contributed by atoms with Crippen molar-refractivity contribution in [3.63, 3.8) is 0 Å². The van der Waals surface area contributed by atoms with Gasteiger partial charge in [-0.15, -0.1) is 0 Å². The average molecular weight is 269 g/mol. The SMILES string of the molecule is CN(Cc1cccc(F)c1)C(=O)c1ccc(C#N)nc1. The van der Waals surface area contributed by atoms with Gasteiger partial charge >= 0.3 is 0 Å². The summed E-state index contributed by atoms with van der Waals surface area (Å²) in [6.45, 7) is 0.302. The van der Waals surface area contributed by atoms with Gasteiger partial charge in [0.2, 0.25) is 0 Å². The molecular formula is C15H12FN3O. The molecule has 0 atom stereocenters. The Morgan fingerprint density at radius 3 is 2.80 bits per heavy atom. The Morgan fingerprint density at radius 1 is 1.40 bits per heavy atom. The third-order valence-electron chi connectivity index (χ3n) is 2.78. The summed E-state index contributed by atoms with van der Waals surface area (Å²) in [6.07, 6.45) is 1.36. The topological polar surface area (TPSA) is 57.0 Å². The fraction of sp³-hybridized carbons (Fsp3) is 0.133. The van der Waals surface area contributed by atoms with Crippen LogP contribution in [-0.2, 0) is 6.54 Å². The molecule has 1 aromatic carbocycles. The number of halogens is 1. The first-order valence-electron chi connectivity index (χ1n) is 5.96. The third-order valence-corrected chi connectivity index (χ3v) is 2.78. The molecule has 0 spiro atoms. The zero-order valence-electron chi connectivity index (χ0n) is 10.9. The predicted molar refractivity (Wildman–Crippen MR) is 71.1 cm³/mol. The van der Waals surface area contributed by atoms with Crippen molar-refractivity contribution in [1.29, 1.82) is 5.26 Å². The molecule has 0 bridgehead atoms. The van der Waals surface area contributed by atoms with Gasteiger partial charge < -0.3 is 4.90 Å². The van der Waals surface area contributed by atoms with E-state index in [1.807, 2.05) is 6.07 Å². The monoisotopic (exact) mass is 269 g/mol. The van der Waals surface area contributed by atoms with Crippen LogP contribution in [0, 0.1) is 17.1 Å². The van der Waals surface area contributed by atoms with E-state index in [0.717, 1.165) is 0 Å². The number of nitriles is 1. The zero-order chi connectivity index (χ0) is 14.5. The van der Waals surface area contributed by atoms with Crippen molar-refractivity contribution in [2.45, 2.75) is 6.54 Å². The van der Waals surface area contributed by atoms with Crippen LogP contribution < -0.4 is 0 Å². The number of rotatable bonds is 3. The highest BCUT2D eigenvalue weighted by Crippen LogP contribution is 2.09. The summed E-state index contributed by atoms with van der Waals surface area (Å²) in [4.78, 5) is 17.5. The van der Waals surface area contributed by atoms with Crippen LogP contribution in [-0.4, -0.2) is 22.8 Å². The summed E-state index contributed by atoms with van der Waals surface area (Å²) in [5.41, 5.74) is 1.36. The fourth-order valence-electron chi connectivity index (χ4n) is 1.79. The predicted octanol–water partition coefficient (Wildman–Crippen LogP) is 2.36. The Bertz CT molecular complexity index is 662. The first kappa shape index (κ1) is 13.7. The molecule has 1 amide bonds. The molecule has 0 unspecified atom stereocenters. The van der Waals surface area contributed by atoms with Crippen molar-refractivity contribution in [2.24, 2.45) is 0 Å². The summed E-state index contributed by atoms with van der Waals surface area (Å²) >= 11 is 0. The van der Waals surface area contributed by atoms with Gasteiger partial charge in [-0.3, -0.25) is 4.79 Å². The maximum atomic E-state index is 13.1. The summed E-state index contributed by atoms with van der Waals surface area (Å²) < 4.78 is 13.1. The number of aromatic nitrogens is 1. The number of benzene rings is 1. The van der Waals surface area contributed by atoms with Gasteiger partial charge in [0.15, 0.2) is 0 Å². The highest BCUT2D eigenvalue weighted by atomic mass is 19.1. The second-order valence-electron chi connectivity index (χ2n) is 4.34. The molecule has 0 fully saturated rings. The molecule has 1 aromatic heterocycles. The molecule has 4 nitrogen and oxygen atoms in total. The van der Waals surface area contributed by atoms with Crippen molar-refractivity contribution in [3.05, 3.63) is 65.2 Å². The number of hydrogen-bond acceptors (Lipinski definition) is 3. The summed E-state index contributed by atoms with van der Waals surface area (Å²) in [5, 5.41) is 8.65. The van der Waals surface area contributed by atoms with Crippen molar-refractivity contribution in [3.8, 4) is 6.07 Å². The lowest BCUT2D eigenvalue weighted by Crippen LogP contribution is -2.26. The van der Waals surface area contributed by atoms with E-state index in [0.29, 0.717) is 17.7 Å². The van der Waals surface area contributed by atoms with E-state index < -0.39 is 0 Å². The molecule has 0 aliphatic carbocycles. The van der Waals surface area contributed by atoms with Crippen LogP contribution in [0.5, 0.6) is 0 Å². The molecule has 0 aliphatic heterocycles. The standard InChI is InChI=1S/C15H12FN3O/c1-19(10-11-3-2-4-13(16)7-11)15(20)12-5-6-14(8-17)18-9-12/h2-7,9H,10H2,1H3. The Morgan fingerprint density at radius 2 is 2.20 bits per heavy atom. The summed E-state index contributed by atoms with van der Waals surface area (Å²) in [7, 11) is 1.63. The average Bonchev–Trinajstić information content (AvgIpc) is 2.46. The van der Waals surface area contributed by atoms with Gasteiger partial charge in [0.1, 0.15) is 17.6 Å². The molecule has 0 radical (unpaired) electrons. The van der Waals surface area contributed by atoms with E-state index >= 15 is 0 Å². The smallest absolute Gasteiger partial charge is 0.255 e. The highest BCUT2D eigenvalue weighted by Gasteiger charge is 2.12. The molecular weight excluding hydrogens is 257 g/mol. The molecule has 0 saturated heterocycles. The van der Waals surface area contributed by atoms with Gasteiger partial charge in [-0.05, 0) is 29.8 Å². The number of carbonyl (C=O) groups excluding carboxylic acids is 1. The fourth-order valence-corrected chi connectivity index (χ4v) is 1.79. The molecule has 0 aliphatic rings. The summed E-state index contributed by atoms with van der Waals surface area (Å²) in [6, 6.07) is 11.0. The van der Waals surface area contributed by atoms with Crippen LogP contribution in [0.25, 0.3) is 0 Å². The van der Waals surface area contributed by atoms with Gasteiger partial charge in [0.25, 0.3) is 5.91 Å². The number of pyridine rings is 1. The first-order chi connectivity index (χ1) is 9.60. The maximum Gasteiger partial charge on any atom is 0.255 e. The van der Waals surface area contributed by atoms with Gasteiger partial charge in [-0.2, -0.15) is 5.26 Å². The van der Waals surface area contributed by atoms with Crippen LogP contribution in [0.15, 0.2) is 42.6 Å². The van der Waals surface area contributed by atoms with Gasteiger partial charge in [0.05, 0.1) is 5.56 Å². The zero-order valence-corrected chi connectivity index (χ0v) is 10.9. The van der Waals surface area contributed by atoms with E-state index in [-0.39, 0.29) is 17.4 Å². The van der Waals surface area contributed by atoms with Crippen molar-refractivity contribution < 1.29 is 9.18 Å². The molecule has 1 heterocycles. The van der Waals surface area contributed by atoms with Gasteiger partial charge in [0, 0.05) is 19.8 Å². The van der Waals surface area contributed by atoms with Crippen molar-refractivity contribution >= 4 is 5.91 Å². The Balaban J connectivity index is 2.10. The Kier molecular flexibility index (Phi) is 4.06. The highest BCUT2D eigenvalue weighted by molar-refractivity contribution is 5.93. The van der Waals surface area contributed by atoms with E-state index in [4.69, 9.17) is 5.26 Å². The van der Waals surface area contributed by atoms with Crippen LogP contribution in [0.4, 0.5) is 4.39 Å². The molecule has 2 aromatic rings. The van der Waals surface area contributed by atoms with E-state index in [9.17, 15) is 9.18 Å². The maximum absolute atomic E-state index is 13.1. The normalized spacial score (nSPS) is 9.85. The third kappa shape index (κ3) is 3.18. The van der Waals surface area contributed by atoms with Crippen LogP contribution in [0.1, 0.15) is 21.6 Å². The number of carbonyl (C=O) groups is 1. The van der Waals surface area contributed by atoms with Gasteiger partial charge in [-0.25, -0.2) is 9.37 Å². The minimum absolute atomic E-state index is 0.230. The minimum atomic E-state index is -0.330. The largest absolute Gasteiger partial charge is 0.337 e. The van der Waals surface area contributed by atoms with Gasteiger partial charge in [-0.1, -0.05) is 12.1 Å². The molecule has 5 heteroatoms. The molecule has 0 N–H and O–H groups in total. The second-order valence-corrected chi connectivity index (χ2v) is 4.34. The van der Waals surface area contributed by atoms with Crippen LogP contribution >= 0.6 is 0 Å². The molecule has 0 saturated carbocycles. The van der Waals surface area contributed by atoms with E-state index in [2.05, 4.69) is 4.98 Å². The number of hydrogen-bond donors (Lipinski definition) is 0. The molecule has 20 heavy (non-hydrogen) atoms. The quantitative estimate of drug-likeness (QED) is 0.859. The van der Waals surface area contributed by atoms with Crippen LogP contribution in [0.3, 0.4) is 0 Å². The molecule has 2 rings (SSSR count). The summed E-state index contributed by atoms with van der Waals surface area (Å²) in [5.74, 6) is -0.561. The van der Waals surface area contributed by atoms with E-state index in [1.54, 1.807) is 25.2 Å². The van der Waals surface area contributed by atoms with Crippen LogP contribution in [0.2, 0.25) is 0 Å². The minimum Gasteiger partial charge on any atom is -0.337 e. The number of amides is 1. The van der Waals surface area contributed by atoms with E-state index in [1.165, 1.54) is 29.3 Å². The Hall–Kier alpha value is -2.74. The van der Waals surface area contributed by atoms with Crippen molar-refractivity contribution in [2.75, 3.05) is 7.05 Å². The number of nitrogens with zero attached hydrogens (tertiary/aromatic N) is 3. The Labute approximate surface area is 116 Å². The van der Waals surface area contributed by atoms with Crippen molar-refractivity contribution in [1.82, 2.24) is 9.88 Å². The first-order valence-corrected chi connectivity index (χ1v) is 5.96. The lowest BCUT2D eigenvalue weighted by Gasteiger charge is -2.17. The lowest BCUT2D eigenvalue weighted by atomic mass is 10.2.